The van der Waals surface area contributed by atoms with Crippen molar-refractivity contribution in [1.29, 1.82) is 0 Å². The third-order valence-electron chi connectivity index (χ3n) is 3.35. The van der Waals surface area contributed by atoms with Crippen molar-refractivity contribution < 1.29 is 13.6 Å². The van der Waals surface area contributed by atoms with E-state index in [9.17, 15) is 13.6 Å². The van der Waals surface area contributed by atoms with E-state index in [-0.39, 0.29) is 11.6 Å². The average molecular weight is 268 g/mol. The summed E-state index contributed by atoms with van der Waals surface area (Å²) < 4.78 is 27.7. The molecule has 1 aromatic carbocycles. The molecule has 2 N–H and O–H groups in total. The van der Waals surface area contributed by atoms with Gasteiger partial charge >= 0.3 is 0 Å². The molecule has 1 aliphatic carbocycles. The molecule has 0 aromatic heterocycles. The number of carbonyl (C=O) groups excluding carboxylic acids is 1. The number of aryl methyl sites for hydroxylation is 1. The fourth-order valence-electron chi connectivity index (χ4n) is 2.09. The predicted molar refractivity (Wildman–Crippen MR) is 68.8 cm³/mol. The second-order valence-corrected chi connectivity index (χ2v) is 4.93. The van der Waals surface area contributed by atoms with Gasteiger partial charge in [-0.2, -0.15) is 0 Å². The van der Waals surface area contributed by atoms with Crippen LogP contribution in [0.25, 0.3) is 0 Å². The maximum atomic E-state index is 14.0. The van der Waals surface area contributed by atoms with E-state index in [0.29, 0.717) is 19.5 Å². The number of rotatable bonds is 5. The second-order valence-electron chi connectivity index (χ2n) is 4.93. The lowest BCUT2D eigenvalue weighted by Crippen LogP contribution is -2.36. The Hall–Kier alpha value is -1.49. The monoisotopic (exact) mass is 268 g/mol. The molecule has 3 nitrogen and oxygen atoms in total. The molecule has 1 aromatic rings. The largest absolute Gasteiger partial charge is 0.335 e. The van der Waals surface area contributed by atoms with Crippen molar-refractivity contribution in [2.75, 3.05) is 13.1 Å². The topological polar surface area (TPSA) is 46.3 Å². The minimum atomic E-state index is -0.800. The predicted octanol–water partition coefficient (Wildman–Crippen LogP) is 2.23. The van der Waals surface area contributed by atoms with Gasteiger partial charge in [-0.05, 0) is 44.4 Å². The van der Waals surface area contributed by atoms with E-state index in [2.05, 4.69) is 0 Å². The van der Waals surface area contributed by atoms with Crippen molar-refractivity contribution in [2.45, 2.75) is 32.2 Å². The molecular formula is C14H18F2N2O. The molecule has 0 unspecified atom stereocenters. The van der Waals surface area contributed by atoms with Crippen molar-refractivity contribution in [3.8, 4) is 0 Å². The summed E-state index contributed by atoms with van der Waals surface area (Å²) in [6.07, 6.45) is 2.42. The first kappa shape index (κ1) is 13.9. The maximum absolute atomic E-state index is 14.0. The molecule has 0 atom stereocenters. The van der Waals surface area contributed by atoms with Crippen LogP contribution in [0.5, 0.6) is 0 Å². The van der Waals surface area contributed by atoms with Gasteiger partial charge in [-0.15, -0.1) is 0 Å². The smallest absolute Gasteiger partial charge is 0.260 e. The number of nitrogens with two attached hydrogens (primary N) is 1. The third kappa shape index (κ3) is 2.92. The van der Waals surface area contributed by atoms with Gasteiger partial charge in [-0.3, -0.25) is 4.79 Å². The van der Waals surface area contributed by atoms with Crippen LogP contribution < -0.4 is 5.73 Å². The van der Waals surface area contributed by atoms with E-state index in [4.69, 9.17) is 5.73 Å². The Bertz CT molecular complexity index is 487. The van der Waals surface area contributed by atoms with Crippen LogP contribution in [0.1, 0.15) is 35.2 Å². The Kier molecular flexibility index (Phi) is 4.14. The number of carbonyl (C=O) groups is 1. The Balaban J connectivity index is 2.28. The van der Waals surface area contributed by atoms with E-state index >= 15 is 0 Å². The first-order chi connectivity index (χ1) is 9.06. The highest BCUT2D eigenvalue weighted by Gasteiger charge is 2.35. The molecule has 2 rings (SSSR count). The molecule has 1 saturated carbocycles. The first-order valence-corrected chi connectivity index (χ1v) is 6.52. The molecule has 1 fully saturated rings. The molecule has 1 amide bonds. The summed E-state index contributed by atoms with van der Waals surface area (Å²) in [5, 5.41) is 0. The van der Waals surface area contributed by atoms with Crippen molar-refractivity contribution in [1.82, 2.24) is 4.90 Å². The SMILES string of the molecule is Cc1ccc(F)c(C(=O)N(CCCN)C2CC2)c1F. The van der Waals surface area contributed by atoms with Crippen LogP contribution in [0.2, 0.25) is 0 Å². The van der Waals surface area contributed by atoms with Gasteiger partial charge in [0.15, 0.2) is 0 Å². The molecule has 0 bridgehead atoms. The van der Waals surface area contributed by atoms with Crippen LogP contribution >= 0.6 is 0 Å². The number of hydrogen-bond acceptors (Lipinski definition) is 2. The molecule has 19 heavy (non-hydrogen) atoms. The Morgan fingerprint density at radius 1 is 1.42 bits per heavy atom. The summed E-state index contributed by atoms with van der Waals surface area (Å²) in [6, 6.07) is 2.58. The molecule has 0 saturated heterocycles. The molecule has 0 radical (unpaired) electrons. The van der Waals surface area contributed by atoms with Gasteiger partial charge in [0.25, 0.3) is 5.91 Å². The second kappa shape index (κ2) is 5.65. The standard InChI is InChI=1S/C14H18F2N2O/c1-9-3-6-11(15)12(13(9)16)14(19)18(8-2-7-17)10-4-5-10/h3,6,10H,2,4-5,7-8,17H2,1H3. The van der Waals surface area contributed by atoms with Crippen molar-refractivity contribution >= 4 is 5.91 Å². The molecule has 5 heteroatoms. The fraction of sp³-hybridized carbons (Fsp3) is 0.500. The molecule has 1 aliphatic rings. The van der Waals surface area contributed by atoms with E-state index in [1.54, 1.807) is 4.90 Å². The number of amides is 1. The van der Waals surface area contributed by atoms with E-state index in [1.165, 1.54) is 13.0 Å². The Morgan fingerprint density at radius 3 is 2.68 bits per heavy atom. The third-order valence-corrected chi connectivity index (χ3v) is 3.35. The Labute approximate surface area is 111 Å². The summed E-state index contributed by atoms with van der Waals surface area (Å²) in [5.41, 5.74) is 5.27. The van der Waals surface area contributed by atoms with Gasteiger partial charge in [0, 0.05) is 12.6 Å². The lowest BCUT2D eigenvalue weighted by Gasteiger charge is -2.23. The molecular weight excluding hydrogens is 250 g/mol. The van der Waals surface area contributed by atoms with Gasteiger partial charge in [-0.1, -0.05) is 6.07 Å². The van der Waals surface area contributed by atoms with Crippen LogP contribution in [0.4, 0.5) is 8.78 Å². The van der Waals surface area contributed by atoms with Crippen molar-refractivity contribution in [3.05, 3.63) is 34.9 Å². The maximum Gasteiger partial charge on any atom is 0.260 e. The zero-order chi connectivity index (χ0) is 14.0. The average Bonchev–Trinajstić information content (AvgIpc) is 3.19. The van der Waals surface area contributed by atoms with Crippen LogP contribution in [-0.4, -0.2) is 29.9 Å². The number of hydrogen-bond donors (Lipinski definition) is 1. The zero-order valence-corrected chi connectivity index (χ0v) is 11.0. The molecule has 104 valence electrons. The van der Waals surface area contributed by atoms with Crippen LogP contribution in [-0.2, 0) is 0 Å². The van der Waals surface area contributed by atoms with Gasteiger partial charge in [0.1, 0.15) is 17.2 Å². The van der Waals surface area contributed by atoms with Crippen molar-refractivity contribution in [3.63, 3.8) is 0 Å². The summed E-state index contributed by atoms with van der Waals surface area (Å²) >= 11 is 0. The molecule has 0 heterocycles. The highest BCUT2D eigenvalue weighted by Crippen LogP contribution is 2.29. The summed E-state index contributed by atoms with van der Waals surface area (Å²) in [7, 11) is 0. The quantitative estimate of drug-likeness (QED) is 0.890. The van der Waals surface area contributed by atoms with Gasteiger partial charge in [0.05, 0.1) is 0 Å². The van der Waals surface area contributed by atoms with Crippen LogP contribution in [0.15, 0.2) is 12.1 Å². The lowest BCUT2D eigenvalue weighted by molar-refractivity contribution is 0.0732. The highest BCUT2D eigenvalue weighted by atomic mass is 19.1. The van der Waals surface area contributed by atoms with E-state index < -0.39 is 23.1 Å². The van der Waals surface area contributed by atoms with Gasteiger partial charge < -0.3 is 10.6 Å². The number of halogens is 2. The number of benzene rings is 1. The normalized spacial score (nSPS) is 14.5. The summed E-state index contributed by atoms with van der Waals surface area (Å²) in [5.74, 6) is -2.12. The fourth-order valence-corrected chi connectivity index (χ4v) is 2.09. The zero-order valence-electron chi connectivity index (χ0n) is 11.0. The Morgan fingerprint density at radius 2 is 2.11 bits per heavy atom. The van der Waals surface area contributed by atoms with Crippen LogP contribution in [0.3, 0.4) is 0 Å². The lowest BCUT2D eigenvalue weighted by atomic mass is 10.1. The van der Waals surface area contributed by atoms with Crippen LogP contribution in [0, 0.1) is 18.6 Å². The highest BCUT2D eigenvalue weighted by molar-refractivity contribution is 5.95. The minimum Gasteiger partial charge on any atom is -0.335 e. The van der Waals surface area contributed by atoms with Gasteiger partial charge in [-0.25, -0.2) is 8.78 Å². The van der Waals surface area contributed by atoms with Crippen molar-refractivity contribution in [2.24, 2.45) is 5.73 Å². The van der Waals surface area contributed by atoms with E-state index in [1.807, 2.05) is 0 Å². The summed E-state index contributed by atoms with van der Waals surface area (Å²) in [6.45, 7) is 2.43. The summed E-state index contributed by atoms with van der Waals surface area (Å²) in [4.78, 5) is 13.9. The van der Waals surface area contributed by atoms with E-state index in [0.717, 1.165) is 18.9 Å². The molecule has 0 aliphatic heterocycles. The first-order valence-electron chi connectivity index (χ1n) is 6.52. The number of nitrogens with zero attached hydrogens (tertiary/aromatic N) is 1. The van der Waals surface area contributed by atoms with Gasteiger partial charge in [0.2, 0.25) is 0 Å². The molecule has 0 spiro atoms. The minimum absolute atomic E-state index is 0.110.